The average Bonchev–Trinajstić information content (AvgIpc) is 3.14. The van der Waals surface area contributed by atoms with E-state index in [9.17, 15) is 14.0 Å². The number of carbonyl (C=O) groups is 2. The monoisotopic (exact) mass is 445 g/mol. The molecule has 9 nitrogen and oxygen atoms in total. The van der Waals surface area contributed by atoms with Gasteiger partial charge >= 0.3 is 6.03 Å². The summed E-state index contributed by atoms with van der Waals surface area (Å²) < 4.78 is 26.9. The lowest BCUT2D eigenvalue weighted by atomic mass is 10.3. The van der Waals surface area contributed by atoms with E-state index in [4.69, 9.17) is 15.2 Å². The van der Waals surface area contributed by atoms with Crippen molar-refractivity contribution in [1.29, 1.82) is 0 Å². The van der Waals surface area contributed by atoms with Crippen LogP contribution in [0, 0.1) is 5.82 Å². The summed E-state index contributed by atoms with van der Waals surface area (Å²) in [6, 6.07) is 12.1. The first-order chi connectivity index (χ1) is 14.9. The van der Waals surface area contributed by atoms with Crippen molar-refractivity contribution in [3.8, 4) is 17.2 Å². The summed E-state index contributed by atoms with van der Waals surface area (Å²) >= 11 is 1.00. The third-order valence-electron chi connectivity index (χ3n) is 4.12. The zero-order chi connectivity index (χ0) is 22.4. The summed E-state index contributed by atoms with van der Waals surface area (Å²) in [4.78, 5) is 23.0. The Morgan fingerprint density at radius 2 is 1.84 bits per heavy atom. The molecular formula is C20H20FN5O4S. The van der Waals surface area contributed by atoms with E-state index in [1.165, 1.54) is 10.6 Å². The Labute approximate surface area is 181 Å². The van der Waals surface area contributed by atoms with E-state index in [0.29, 0.717) is 17.3 Å². The number of benzene rings is 2. The molecule has 0 fully saturated rings. The van der Waals surface area contributed by atoms with Crippen LogP contribution in [0.3, 0.4) is 0 Å². The lowest BCUT2D eigenvalue weighted by Crippen LogP contribution is -2.39. The van der Waals surface area contributed by atoms with Crippen LogP contribution >= 0.6 is 11.8 Å². The Bertz CT molecular complexity index is 1070. The maximum absolute atomic E-state index is 14.5. The molecule has 3 N–H and O–H groups in total. The smallest absolute Gasteiger partial charge is 0.318 e. The molecule has 0 saturated carbocycles. The van der Waals surface area contributed by atoms with Crippen LogP contribution in [-0.2, 0) is 11.4 Å². The maximum Gasteiger partial charge on any atom is 0.318 e. The fourth-order valence-corrected chi connectivity index (χ4v) is 3.48. The number of hydrogen-bond acceptors (Lipinski definition) is 7. The normalized spacial score (nSPS) is 11.6. The van der Waals surface area contributed by atoms with Gasteiger partial charge in [-0.05, 0) is 43.3 Å². The highest BCUT2D eigenvalue weighted by atomic mass is 32.2. The molecule has 0 aliphatic rings. The number of halogens is 1. The third-order valence-corrected chi connectivity index (χ3v) is 5.16. The topological polar surface area (TPSA) is 121 Å². The average molecular weight is 445 g/mol. The second-order valence-electron chi connectivity index (χ2n) is 6.26. The molecule has 3 amide bonds. The number of urea groups is 1. The Kier molecular flexibility index (Phi) is 7.08. The fourth-order valence-electron chi connectivity index (χ4n) is 2.60. The molecule has 3 rings (SSSR count). The van der Waals surface area contributed by atoms with Gasteiger partial charge in [0.05, 0.1) is 18.0 Å². The molecule has 0 bridgehead atoms. The van der Waals surface area contributed by atoms with E-state index in [2.05, 4.69) is 10.2 Å². The number of nitrogens with two attached hydrogens (primary N) is 1. The van der Waals surface area contributed by atoms with E-state index in [-0.39, 0.29) is 17.5 Å². The van der Waals surface area contributed by atoms with Crippen molar-refractivity contribution in [3.05, 3.63) is 60.2 Å². The fraction of sp³-hybridized carbons (Fsp3) is 0.200. The maximum atomic E-state index is 14.5. The van der Waals surface area contributed by atoms with Crippen molar-refractivity contribution < 1.29 is 23.5 Å². The molecule has 1 atom stereocenters. The zero-order valence-corrected chi connectivity index (χ0v) is 17.6. The van der Waals surface area contributed by atoms with Gasteiger partial charge in [0.2, 0.25) is 5.91 Å². The van der Waals surface area contributed by atoms with E-state index in [0.717, 1.165) is 11.8 Å². The minimum absolute atomic E-state index is 0.00388. The van der Waals surface area contributed by atoms with Crippen molar-refractivity contribution in [1.82, 2.24) is 20.1 Å². The predicted molar refractivity (Wildman–Crippen MR) is 112 cm³/mol. The van der Waals surface area contributed by atoms with Crippen molar-refractivity contribution >= 4 is 23.7 Å². The van der Waals surface area contributed by atoms with Crippen LogP contribution < -0.4 is 20.5 Å². The number of rotatable bonds is 8. The minimum atomic E-state index is -0.957. The molecule has 1 aromatic heterocycles. The summed E-state index contributed by atoms with van der Waals surface area (Å²) in [6.45, 7) is 1.56. The number of aromatic nitrogens is 3. The van der Waals surface area contributed by atoms with Gasteiger partial charge in [0.15, 0.2) is 11.0 Å². The molecule has 0 unspecified atom stereocenters. The Morgan fingerprint density at radius 3 is 2.48 bits per heavy atom. The quantitative estimate of drug-likeness (QED) is 0.511. The number of thioether (sulfide) groups is 1. The summed E-state index contributed by atoms with van der Waals surface area (Å²) in [6.07, 6.45) is 0. The second kappa shape index (κ2) is 9.94. The predicted octanol–water partition coefficient (Wildman–Crippen LogP) is 2.67. The van der Waals surface area contributed by atoms with Crippen LogP contribution in [0.25, 0.3) is 5.69 Å². The third kappa shape index (κ3) is 5.51. The number of imide groups is 1. The number of carbonyl (C=O) groups excluding carboxylic acids is 2. The van der Waals surface area contributed by atoms with Gasteiger partial charge in [0.1, 0.15) is 23.9 Å². The molecular weight excluding hydrogens is 425 g/mol. The molecule has 162 valence electrons. The van der Waals surface area contributed by atoms with Crippen LogP contribution in [0.15, 0.2) is 53.7 Å². The van der Waals surface area contributed by atoms with Crippen LogP contribution in [0.5, 0.6) is 11.5 Å². The lowest BCUT2D eigenvalue weighted by Gasteiger charge is -2.14. The van der Waals surface area contributed by atoms with Gasteiger partial charge in [-0.25, -0.2) is 9.18 Å². The van der Waals surface area contributed by atoms with Crippen molar-refractivity contribution in [2.75, 3.05) is 7.11 Å². The van der Waals surface area contributed by atoms with E-state index in [1.807, 2.05) is 5.32 Å². The summed E-state index contributed by atoms with van der Waals surface area (Å²) in [5.74, 6) is 0.475. The van der Waals surface area contributed by atoms with Gasteiger partial charge in [0.25, 0.3) is 0 Å². The highest BCUT2D eigenvalue weighted by Crippen LogP contribution is 2.28. The molecule has 0 saturated heterocycles. The Morgan fingerprint density at radius 1 is 1.16 bits per heavy atom. The van der Waals surface area contributed by atoms with E-state index in [1.54, 1.807) is 56.5 Å². The standard InChI is InChI=1S/C20H20FN5O4S/c1-12(18(27)23-19(22)28)31-20-25-24-17(26(20)16-6-4-3-5-15(16)21)11-30-14-9-7-13(29-2)8-10-14/h3-10,12H,11H2,1-2H3,(H3,22,23,27,28)/t12-/m1/s1. The number of primary amides is 1. The highest BCUT2D eigenvalue weighted by molar-refractivity contribution is 8.00. The van der Waals surface area contributed by atoms with Crippen LogP contribution in [0.2, 0.25) is 0 Å². The molecule has 31 heavy (non-hydrogen) atoms. The summed E-state index contributed by atoms with van der Waals surface area (Å²) in [5.41, 5.74) is 5.20. The second-order valence-corrected chi connectivity index (χ2v) is 7.57. The number of amides is 3. The Balaban J connectivity index is 1.87. The minimum Gasteiger partial charge on any atom is -0.497 e. The number of nitrogens with one attached hydrogen (secondary N) is 1. The summed E-state index contributed by atoms with van der Waals surface area (Å²) in [7, 11) is 1.57. The SMILES string of the molecule is COc1ccc(OCc2nnc(S[C@H](C)C(=O)NC(N)=O)n2-c2ccccc2F)cc1. The van der Waals surface area contributed by atoms with Gasteiger partial charge in [0, 0.05) is 0 Å². The molecule has 0 aliphatic carbocycles. The van der Waals surface area contributed by atoms with E-state index < -0.39 is 23.0 Å². The van der Waals surface area contributed by atoms with Gasteiger partial charge in [-0.15, -0.1) is 10.2 Å². The molecule has 0 aliphatic heterocycles. The first kappa shape index (κ1) is 22.1. The van der Waals surface area contributed by atoms with Gasteiger partial charge < -0.3 is 15.2 Å². The number of ether oxygens (including phenoxy) is 2. The molecule has 3 aromatic rings. The molecule has 0 spiro atoms. The first-order valence-corrected chi connectivity index (χ1v) is 10.00. The zero-order valence-electron chi connectivity index (χ0n) is 16.7. The van der Waals surface area contributed by atoms with Crippen LogP contribution in [0.1, 0.15) is 12.7 Å². The Hall–Kier alpha value is -3.60. The molecule has 2 aromatic carbocycles. The number of nitrogens with zero attached hydrogens (tertiary/aromatic N) is 3. The lowest BCUT2D eigenvalue weighted by molar-refractivity contribution is -0.119. The van der Waals surface area contributed by atoms with E-state index >= 15 is 0 Å². The number of methoxy groups -OCH3 is 1. The van der Waals surface area contributed by atoms with Crippen molar-refractivity contribution in [3.63, 3.8) is 0 Å². The van der Waals surface area contributed by atoms with Crippen molar-refractivity contribution in [2.24, 2.45) is 5.73 Å². The van der Waals surface area contributed by atoms with Crippen LogP contribution in [0.4, 0.5) is 9.18 Å². The van der Waals surface area contributed by atoms with Gasteiger partial charge in [-0.1, -0.05) is 23.9 Å². The number of hydrogen-bond donors (Lipinski definition) is 2. The van der Waals surface area contributed by atoms with Crippen molar-refractivity contribution in [2.45, 2.75) is 23.9 Å². The first-order valence-electron chi connectivity index (χ1n) is 9.12. The van der Waals surface area contributed by atoms with Gasteiger partial charge in [-0.3, -0.25) is 14.7 Å². The molecule has 0 radical (unpaired) electrons. The van der Waals surface area contributed by atoms with Crippen LogP contribution in [-0.4, -0.2) is 39.1 Å². The summed E-state index contributed by atoms with van der Waals surface area (Å²) in [5, 5.41) is 9.72. The highest BCUT2D eigenvalue weighted by Gasteiger charge is 2.23. The van der Waals surface area contributed by atoms with Gasteiger partial charge in [-0.2, -0.15) is 0 Å². The molecule has 1 heterocycles. The largest absolute Gasteiger partial charge is 0.497 e. The molecule has 11 heteroatoms. The number of para-hydroxylation sites is 1.